The summed E-state index contributed by atoms with van der Waals surface area (Å²) in [4.78, 5) is 23.8. The summed E-state index contributed by atoms with van der Waals surface area (Å²) in [6.07, 6.45) is 1.38. The first-order valence-corrected chi connectivity index (χ1v) is 12.5. The molecule has 0 spiro atoms. The lowest BCUT2D eigenvalue weighted by Gasteiger charge is -2.12. The number of nitrogens with one attached hydrogen (secondary N) is 1. The highest BCUT2D eigenvalue weighted by Gasteiger charge is 2.15. The van der Waals surface area contributed by atoms with E-state index >= 15 is 0 Å². The van der Waals surface area contributed by atoms with Crippen LogP contribution in [0.4, 0.5) is 0 Å². The Morgan fingerprint density at radius 3 is 2.40 bits per heavy atom. The van der Waals surface area contributed by atoms with Crippen molar-refractivity contribution in [3.8, 4) is 22.9 Å². The highest BCUT2D eigenvalue weighted by molar-refractivity contribution is 6.32. The quantitative estimate of drug-likeness (QED) is 0.150. The van der Waals surface area contributed by atoms with Gasteiger partial charge in [0.25, 0.3) is 0 Å². The second kappa shape index (κ2) is 12.9. The highest BCUT2D eigenvalue weighted by atomic mass is 35.5. The molecule has 40 heavy (non-hydrogen) atoms. The van der Waals surface area contributed by atoms with Gasteiger partial charge in [-0.25, -0.2) is 10.2 Å². The summed E-state index contributed by atoms with van der Waals surface area (Å²) in [6, 6.07) is 18.2. The lowest BCUT2D eigenvalue weighted by molar-refractivity contribution is -0.142. The van der Waals surface area contributed by atoms with E-state index in [1.165, 1.54) is 26.5 Å². The molecule has 0 saturated heterocycles. The minimum atomic E-state index is -0.563. The molecule has 4 aromatic rings. The highest BCUT2D eigenvalue weighted by Crippen LogP contribution is 2.36. The third-order valence-corrected chi connectivity index (χ3v) is 6.11. The minimum Gasteiger partial charge on any atom is -0.493 e. The molecule has 0 bridgehead atoms. The Morgan fingerprint density at radius 1 is 1.00 bits per heavy atom. The van der Waals surface area contributed by atoms with E-state index < -0.39 is 11.9 Å². The normalized spacial score (nSPS) is 10.9. The van der Waals surface area contributed by atoms with E-state index in [0.29, 0.717) is 17.1 Å². The second-order valence-corrected chi connectivity index (χ2v) is 9.01. The zero-order valence-corrected chi connectivity index (χ0v) is 23.2. The summed E-state index contributed by atoms with van der Waals surface area (Å²) >= 11 is 6.26. The summed E-state index contributed by atoms with van der Waals surface area (Å²) in [5.41, 5.74) is 6.28. The van der Waals surface area contributed by atoms with Crippen molar-refractivity contribution in [1.82, 2.24) is 9.99 Å². The van der Waals surface area contributed by atoms with Crippen LogP contribution >= 0.6 is 11.6 Å². The molecule has 1 amide bonds. The smallest absolute Gasteiger partial charge is 0.343 e. The minimum absolute atomic E-state index is 0.0758. The molecule has 1 N–H and O–H groups in total. The predicted octanol–water partition coefficient (Wildman–Crippen LogP) is 5.24. The molecular formula is C29H28ClN3O7. The Labute approximate surface area is 236 Å². The van der Waals surface area contributed by atoms with Crippen LogP contribution in [-0.2, 0) is 16.1 Å². The molecule has 2 aromatic heterocycles. The van der Waals surface area contributed by atoms with E-state index in [4.69, 9.17) is 30.2 Å². The number of nitrogens with zero attached hydrogens (tertiary/aromatic N) is 2. The summed E-state index contributed by atoms with van der Waals surface area (Å²) in [7, 11) is 2.68. The number of benzene rings is 2. The van der Waals surface area contributed by atoms with Crippen LogP contribution in [-0.4, -0.2) is 43.5 Å². The summed E-state index contributed by atoms with van der Waals surface area (Å²) < 4.78 is 28.8. The summed E-state index contributed by atoms with van der Waals surface area (Å²) in [6.45, 7) is 3.94. The monoisotopic (exact) mass is 565 g/mol. The van der Waals surface area contributed by atoms with E-state index in [1.807, 2.05) is 24.3 Å². The number of esters is 1. The van der Waals surface area contributed by atoms with E-state index in [1.54, 1.807) is 18.2 Å². The van der Waals surface area contributed by atoms with E-state index in [0.717, 1.165) is 17.1 Å². The third kappa shape index (κ3) is 6.83. The van der Waals surface area contributed by atoms with Crippen LogP contribution in [0.1, 0.15) is 33.3 Å². The Balaban J connectivity index is 1.31. The number of aryl methyl sites for hydroxylation is 2. The third-order valence-electron chi connectivity index (χ3n) is 5.83. The zero-order chi connectivity index (χ0) is 28.6. The van der Waals surface area contributed by atoms with Gasteiger partial charge in [-0.2, -0.15) is 5.10 Å². The molecule has 0 aliphatic heterocycles. The van der Waals surface area contributed by atoms with Gasteiger partial charge in [-0.05, 0) is 80.1 Å². The zero-order valence-electron chi connectivity index (χ0n) is 22.4. The maximum atomic E-state index is 12.5. The number of hydrogen-bond donors (Lipinski definition) is 1. The van der Waals surface area contributed by atoms with Crippen LogP contribution in [0.2, 0.25) is 5.02 Å². The molecule has 0 unspecified atom stereocenters. The average Bonchev–Trinajstić information content (AvgIpc) is 3.57. The number of rotatable bonds is 11. The van der Waals surface area contributed by atoms with Crippen molar-refractivity contribution in [2.24, 2.45) is 5.10 Å². The summed E-state index contributed by atoms with van der Waals surface area (Å²) in [5, 5.41) is 4.14. The van der Waals surface area contributed by atoms with E-state index in [9.17, 15) is 9.59 Å². The van der Waals surface area contributed by atoms with Crippen LogP contribution in [0.15, 0.2) is 70.2 Å². The molecule has 0 fully saturated rings. The number of methoxy groups -OCH3 is 2. The van der Waals surface area contributed by atoms with Crippen molar-refractivity contribution in [3.05, 3.63) is 94.2 Å². The Kier molecular flexibility index (Phi) is 9.13. The van der Waals surface area contributed by atoms with Crippen molar-refractivity contribution in [2.75, 3.05) is 20.8 Å². The molecule has 4 rings (SSSR count). The van der Waals surface area contributed by atoms with Crippen LogP contribution in [0.5, 0.6) is 17.2 Å². The van der Waals surface area contributed by atoms with Gasteiger partial charge in [-0.15, -0.1) is 0 Å². The molecule has 10 nitrogen and oxygen atoms in total. The largest absolute Gasteiger partial charge is 0.493 e. The molecule has 11 heteroatoms. The first kappa shape index (κ1) is 28.3. The molecule has 0 atom stereocenters. The topological polar surface area (TPSA) is 114 Å². The number of carbonyl (C=O) groups is 2. The number of carbonyl (C=O) groups excluding carboxylic acids is 2. The van der Waals surface area contributed by atoms with Gasteiger partial charge < -0.3 is 27.9 Å². The van der Waals surface area contributed by atoms with E-state index in [2.05, 4.69) is 45.8 Å². The van der Waals surface area contributed by atoms with Crippen molar-refractivity contribution >= 4 is 29.7 Å². The standard InChI is InChI=1S/C29H28ClN3O7/c1-18-5-6-19(2)33(18)21-7-9-22(10-8-21)38-16-23-11-12-25(40-23)29(35)32-31-15-20-13-24(30)28(26(14-20)36-3)39-17-27(34)37-4/h5-15H,16-17H2,1-4H3,(H,32,35)/b31-15+. The number of ether oxygens (including phenoxy) is 4. The molecule has 208 valence electrons. The van der Waals surface area contributed by atoms with Crippen LogP contribution in [0.25, 0.3) is 5.69 Å². The molecule has 0 radical (unpaired) electrons. The van der Waals surface area contributed by atoms with Gasteiger partial charge in [0, 0.05) is 17.1 Å². The van der Waals surface area contributed by atoms with Gasteiger partial charge in [-0.1, -0.05) is 11.6 Å². The predicted molar refractivity (Wildman–Crippen MR) is 149 cm³/mol. The molecule has 0 aliphatic rings. The molecule has 2 aromatic carbocycles. The fourth-order valence-electron chi connectivity index (χ4n) is 3.86. The van der Waals surface area contributed by atoms with Gasteiger partial charge in [0.05, 0.1) is 25.5 Å². The SMILES string of the molecule is COC(=O)COc1c(Cl)cc(/C=N/NC(=O)c2ccc(COc3ccc(-n4c(C)ccc4C)cc3)o2)cc1OC. The number of furan rings is 1. The number of hydrogen-bond acceptors (Lipinski definition) is 8. The molecular weight excluding hydrogens is 538 g/mol. The number of aromatic nitrogens is 1. The fourth-order valence-corrected chi connectivity index (χ4v) is 4.14. The van der Waals surface area contributed by atoms with E-state index in [-0.39, 0.29) is 35.5 Å². The number of halogens is 1. The molecule has 2 heterocycles. The average molecular weight is 566 g/mol. The Hall–Kier alpha value is -4.70. The number of hydrazone groups is 1. The molecule has 0 saturated carbocycles. The summed E-state index contributed by atoms with van der Waals surface area (Å²) in [5.74, 6) is 0.592. The van der Waals surface area contributed by atoms with Gasteiger partial charge in [-0.3, -0.25) is 4.79 Å². The van der Waals surface area contributed by atoms with Gasteiger partial charge in [0.1, 0.15) is 18.1 Å². The van der Waals surface area contributed by atoms with Crippen LogP contribution in [0, 0.1) is 13.8 Å². The van der Waals surface area contributed by atoms with Crippen molar-refractivity contribution < 1.29 is 33.0 Å². The second-order valence-electron chi connectivity index (χ2n) is 8.60. The lowest BCUT2D eigenvalue weighted by Crippen LogP contribution is -2.16. The maximum absolute atomic E-state index is 12.5. The van der Waals surface area contributed by atoms with Crippen LogP contribution < -0.4 is 19.6 Å². The van der Waals surface area contributed by atoms with Crippen molar-refractivity contribution in [2.45, 2.75) is 20.5 Å². The first-order valence-electron chi connectivity index (χ1n) is 12.2. The van der Waals surface area contributed by atoms with Crippen molar-refractivity contribution in [1.29, 1.82) is 0 Å². The first-order chi connectivity index (χ1) is 19.3. The Bertz CT molecular complexity index is 1500. The maximum Gasteiger partial charge on any atom is 0.343 e. The Morgan fingerprint density at radius 2 is 1.73 bits per heavy atom. The lowest BCUT2D eigenvalue weighted by atomic mass is 10.2. The van der Waals surface area contributed by atoms with Crippen LogP contribution in [0.3, 0.4) is 0 Å². The number of amides is 1. The van der Waals surface area contributed by atoms with Crippen molar-refractivity contribution in [3.63, 3.8) is 0 Å². The van der Waals surface area contributed by atoms with Gasteiger partial charge >= 0.3 is 11.9 Å². The van der Waals surface area contributed by atoms with Gasteiger partial charge in [0.2, 0.25) is 0 Å². The van der Waals surface area contributed by atoms with Gasteiger partial charge in [0.15, 0.2) is 23.9 Å². The fraction of sp³-hybridized carbons (Fsp3) is 0.207. The molecule has 0 aliphatic carbocycles.